The largest absolute Gasteiger partial charge is 0.391 e. The van der Waals surface area contributed by atoms with E-state index < -0.39 is 66.2 Å². The van der Waals surface area contributed by atoms with Gasteiger partial charge in [0.15, 0.2) is 0 Å². The van der Waals surface area contributed by atoms with Crippen LogP contribution in [0.15, 0.2) is 18.3 Å². The molecule has 10 nitrogen and oxygen atoms in total. The summed E-state index contributed by atoms with van der Waals surface area (Å²) in [5.74, 6) is -3.44. The number of amides is 1. The van der Waals surface area contributed by atoms with E-state index >= 15 is 0 Å². The summed E-state index contributed by atoms with van der Waals surface area (Å²) in [6.07, 6.45) is -3.64. The molecule has 1 saturated carbocycles. The number of aliphatic hydroxyl groups is 3. The van der Waals surface area contributed by atoms with Crippen LogP contribution in [0.1, 0.15) is 32.4 Å². The lowest BCUT2D eigenvalue weighted by molar-refractivity contribution is -0.450. The van der Waals surface area contributed by atoms with Crippen LogP contribution in [0.3, 0.4) is 0 Å². The quantitative estimate of drug-likeness (QED) is 0.375. The topological polar surface area (TPSA) is 142 Å². The van der Waals surface area contributed by atoms with E-state index in [4.69, 9.17) is 14.2 Å². The number of aromatic nitrogens is 1. The Labute approximate surface area is 191 Å². The van der Waals surface area contributed by atoms with Crippen LogP contribution in [0.25, 0.3) is 0 Å². The average molecular weight is 470 g/mol. The Kier molecular flexibility index (Phi) is 7.02. The molecule has 0 spiro atoms. The fourth-order valence-electron chi connectivity index (χ4n) is 5.16. The van der Waals surface area contributed by atoms with E-state index in [2.05, 4.69) is 15.6 Å². The molecule has 184 valence electrons. The number of pyridine rings is 1. The zero-order chi connectivity index (χ0) is 23.9. The van der Waals surface area contributed by atoms with Crippen molar-refractivity contribution in [3.63, 3.8) is 0 Å². The van der Waals surface area contributed by atoms with Gasteiger partial charge in [-0.05, 0) is 38.9 Å². The van der Waals surface area contributed by atoms with Crippen molar-refractivity contribution in [2.75, 3.05) is 7.05 Å². The second-order valence-electron chi connectivity index (χ2n) is 9.08. The lowest BCUT2D eigenvalue weighted by Gasteiger charge is -2.58. The molecule has 3 unspecified atom stereocenters. The molecule has 4 rings (SSSR count). The Bertz CT molecular complexity index is 846. The number of hydrogen-bond donors (Lipinski definition) is 5. The third-order valence-corrected chi connectivity index (χ3v) is 6.90. The van der Waals surface area contributed by atoms with E-state index in [-0.39, 0.29) is 18.9 Å². The van der Waals surface area contributed by atoms with Gasteiger partial charge in [0.05, 0.1) is 43.0 Å². The minimum atomic E-state index is -2.05. The Hall–Kier alpha value is -1.73. The Morgan fingerprint density at radius 2 is 2.03 bits per heavy atom. The van der Waals surface area contributed by atoms with Gasteiger partial charge in [0.25, 0.3) is 0 Å². The maximum Gasteiger partial charge on any atom is 0.239 e. The molecule has 33 heavy (non-hydrogen) atoms. The third kappa shape index (κ3) is 4.51. The molecule has 10 atom stereocenters. The molecule has 3 heterocycles. The van der Waals surface area contributed by atoms with Gasteiger partial charge in [-0.25, -0.2) is 4.39 Å². The van der Waals surface area contributed by atoms with E-state index in [1.807, 2.05) is 6.92 Å². The molecule has 1 aromatic heterocycles. The lowest BCUT2D eigenvalue weighted by Crippen LogP contribution is -2.77. The van der Waals surface area contributed by atoms with Crippen molar-refractivity contribution in [2.45, 2.75) is 87.8 Å². The summed E-state index contributed by atoms with van der Waals surface area (Å²) >= 11 is 0. The standard InChI is InChI=1S/C22H32FN3O7/c1-4-13-17(28)16(24-3)19-20(18(13)29)32-21-22(30,33-19)14(7-10(2)31-21)26-15(27)8-12-6-5-11(23)9-25-12/h5-6,9-10,13-14,16-21,24,28-30H,4,7-8H2,1-3H3,(H,26,27)/t10-,13-,14-,16+,17+,18-,19?,20?,21?,22+/m1/s1. The summed E-state index contributed by atoms with van der Waals surface area (Å²) in [7, 11) is 1.66. The molecule has 3 aliphatic rings. The number of nitrogens with zero attached hydrogens (tertiary/aromatic N) is 1. The molecule has 0 bridgehead atoms. The summed E-state index contributed by atoms with van der Waals surface area (Å²) in [5.41, 5.74) is 0.373. The van der Waals surface area contributed by atoms with E-state index in [9.17, 15) is 24.5 Å². The highest BCUT2D eigenvalue weighted by Gasteiger charge is 2.63. The summed E-state index contributed by atoms with van der Waals surface area (Å²) in [6, 6.07) is 1.12. The lowest BCUT2D eigenvalue weighted by atomic mass is 9.74. The SMILES string of the molecule is CC[C@@H]1[C@H](O)[C@H](NC)C2O[C@]3(O)C(OC2[C@@H]1O)O[C@H](C)C[C@H]3NC(=O)Cc1ccc(F)cn1. The Balaban J connectivity index is 1.55. The third-order valence-electron chi connectivity index (χ3n) is 6.90. The van der Waals surface area contributed by atoms with Crippen molar-refractivity contribution in [3.05, 3.63) is 29.8 Å². The highest BCUT2D eigenvalue weighted by Crippen LogP contribution is 2.43. The molecule has 1 aromatic rings. The summed E-state index contributed by atoms with van der Waals surface area (Å²) < 4.78 is 31.0. The van der Waals surface area contributed by atoms with Gasteiger partial charge in [0.1, 0.15) is 18.0 Å². The molecule has 1 amide bonds. The maximum absolute atomic E-state index is 13.1. The first-order valence-corrected chi connectivity index (χ1v) is 11.3. The van der Waals surface area contributed by atoms with E-state index in [1.165, 1.54) is 12.1 Å². The second-order valence-corrected chi connectivity index (χ2v) is 9.08. The van der Waals surface area contributed by atoms with Gasteiger partial charge in [-0.1, -0.05) is 6.92 Å². The molecule has 11 heteroatoms. The van der Waals surface area contributed by atoms with Crippen LogP contribution in [0.4, 0.5) is 4.39 Å². The van der Waals surface area contributed by atoms with E-state index in [1.54, 1.807) is 14.0 Å². The van der Waals surface area contributed by atoms with Gasteiger partial charge in [-0.15, -0.1) is 0 Å². The normalized spacial score (nSPS) is 42.8. The number of fused-ring (bicyclic) bond motifs is 2. The van der Waals surface area contributed by atoms with Crippen LogP contribution in [-0.2, 0) is 25.4 Å². The molecule has 1 aliphatic carbocycles. The maximum atomic E-state index is 13.1. The zero-order valence-corrected chi connectivity index (χ0v) is 18.8. The number of rotatable bonds is 5. The van der Waals surface area contributed by atoms with E-state index in [0.29, 0.717) is 12.1 Å². The summed E-state index contributed by atoms with van der Waals surface area (Å²) in [5, 5.41) is 38.9. The van der Waals surface area contributed by atoms with Crippen LogP contribution in [-0.4, -0.2) is 87.9 Å². The Morgan fingerprint density at radius 3 is 2.67 bits per heavy atom. The first-order chi connectivity index (χ1) is 15.7. The first-order valence-electron chi connectivity index (χ1n) is 11.3. The number of halogens is 1. The predicted molar refractivity (Wildman–Crippen MR) is 112 cm³/mol. The molecular weight excluding hydrogens is 437 g/mol. The van der Waals surface area contributed by atoms with Crippen LogP contribution in [0.5, 0.6) is 0 Å². The van der Waals surface area contributed by atoms with Crippen LogP contribution < -0.4 is 10.6 Å². The van der Waals surface area contributed by atoms with Gasteiger partial charge in [0.2, 0.25) is 18.0 Å². The van der Waals surface area contributed by atoms with Gasteiger partial charge in [-0.3, -0.25) is 9.78 Å². The predicted octanol–water partition coefficient (Wildman–Crippen LogP) is -0.795. The van der Waals surface area contributed by atoms with Crippen molar-refractivity contribution >= 4 is 5.91 Å². The minimum Gasteiger partial charge on any atom is -0.391 e. The zero-order valence-electron chi connectivity index (χ0n) is 18.8. The minimum absolute atomic E-state index is 0.117. The molecule has 2 aliphatic heterocycles. The molecule has 5 N–H and O–H groups in total. The molecule has 0 radical (unpaired) electrons. The number of likely N-dealkylation sites (N-methyl/N-ethyl adjacent to an activating group) is 1. The molecule has 2 saturated heterocycles. The number of carbonyl (C=O) groups is 1. The van der Waals surface area contributed by atoms with Crippen molar-refractivity contribution in [3.8, 4) is 0 Å². The summed E-state index contributed by atoms with van der Waals surface area (Å²) in [6.45, 7) is 3.65. The highest BCUT2D eigenvalue weighted by atomic mass is 19.1. The molecular formula is C22H32FN3O7. The fourth-order valence-corrected chi connectivity index (χ4v) is 5.16. The van der Waals surface area contributed by atoms with Crippen LogP contribution >= 0.6 is 0 Å². The van der Waals surface area contributed by atoms with Crippen molar-refractivity contribution < 1.29 is 38.7 Å². The number of hydrogen-bond acceptors (Lipinski definition) is 9. The number of ether oxygens (including phenoxy) is 3. The Morgan fingerprint density at radius 1 is 1.27 bits per heavy atom. The first kappa shape index (κ1) is 24.4. The highest BCUT2D eigenvalue weighted by molar-refractivity contribution is 5.78. The molecule has 3 fully saturated rings. The van der Waals surface area contributed by atoms with Gasteiger partial charge < -0.3 is 40.2 Å². The monoisotopic (exact) mass is 469 g/mol. The van der Waals surface area contributed by atoms with Crippen LogP contribution in [0, 0.1) is 11.7 Å². The second kappa shape index (κ2) is 9.49. The molecule has 0 aromatic carbocycles. The smallest absolute Gasteiger partial charge is 0.239 e. The van der Waals surface area contributed by atoms with Gasteiger partial charge >= 0.3 is 0 Å². The van der Waals surface area contributed by atoms with Gasteiger partial charge in [0, 0.05) is 11.6 Å². The number of aliphatic hydroxyl groups excluding tert-OH is 2. The summed E-state index contributed by atoms with van der Waals surface area (Å²) in [4.78, 5) is 16.6. The number of carbonyl (C=O) groups excluding carboxylic acids is 1. The van der Waals surface area contributed by atoms with Crippen LogP contribution in [0.2, 0.25) is 0 Å². The number of nitrogens with one attached hydrogen (secondary N) is 2. The van der Waals surface area contributed by atoms with E-state index in [0.717, 1.165) is 6.20 Å². The average Bonchev–Trinajstić information content (AvgIpc) is 2.76. The fraction of sp³-hybridized carbons (Fsp3) is 0.727. The van der Waals surface area contributed by atoms with Crippen molar-refractivity contribution in [1.82, 2.24) is 15.6 Å². The van der Waals surface area contributed by atoms with Crippen molar-refractivity contribution in [1.29, 1.82) is 0 Å². The van der Waals surface area contributed by atoms with Gasteiger partial charge in [-0.2, -0.15) is 0 Å². The van der Waals surface area contributed by atoms with Crippen molar-refractivity contribution in [2.24, 2.45) is 5.92 Å².